The molecule has 2 unspecified atom stereocenters. The van der Waals surface area contributed by atoms with Gasteiger partial charge >= 0.3 is 0 Å². The van der Waals surface area contributed by atoms with Gasteiger partial charge in [-0.25, -0.2) is 13.1 Å². The lowest BCUT2D eigenvalue weighted by Crippen LogP contribution is -2.38. The topological polar surface area (TPSA) is 94.3 Å². The Labute approximate surface area is 125 Å². The van der Waals surface area contributed by atoms with Gasteiger partial charge in [-0.05, 0) is 19.4 Å². The lowest BCUT2D eigenvalue weighted by molar-refractivity contribution is 0.180. The Morgan fingerprint density at radius 2 is 2.38 bits per heavy atom. The molecule has 2 atom stereocenters. The Hall–Kier alpha value is -1.46. The summed E-state index contributed by atoms with van der Waals surface area (Å²) >= 11 is 0. The highest BCUT2D eigenvalue weighted by Crippen LogP contribution is 2.18. The molecule has 0 aliphatic carbocycles. The molecule has 21 heavy (non-hydrogen) atoms. The maximum atomic E-state index is 12.4. The molecule has 6 nitrogen and oxygen atoms in total. The van der Waals surface area contributed by atoms with Crippen molar-refractivity contribution in [2.45, 2.75) is 24.3 Å². The molecule has 0 saturated carbocycles. The van der Waals surface area contributed by atoms with Crippen molar-refractivity contribution in [2.24, 2.45) is 11.7 Å². The molecule has 0 radical (unpaired) electrons. The van der Waals surface area contributed by atoms with Crippen LogP contribution in [0.2, 0.25) is 0 Å². The van der Waals surface area contributed by atoms with Crippen LogP contribution in [0.4, 0.5) is 0 Å². The van der Waals surface area contributed by atoms with Crippen molar-refractivity contribution < 1.29 is 13.2 Å². The third-order valence-corrected chi connectivity index (χ3v) is 4.90. The Kier molecular flexibility index (Phi) is 5.31. The molecule has 0 amide bonds. The fourth-order valence-corrected chi connectivity index (χ4v) is 3.44. The quantitative estimate of drug-likeness (QED) is 0.769. The number of hydrogen-bond donors (Lipinski definition) is 2. The van der Waals surface area contributed by atoms with E-state index < -0.39 is 10.0 Å². The maximum absolute atomic E-state index is 12.4. The van der Waals surface area contributed by atoms with Gasteiger partial charge in [-0.2, -0.15) is 0 Å². The number of nitrogens with one attached hydrogen (secondary N) is 1. The minimum absolute atomic E-state index is 0.108. The van der Waals surface area contributed by atoms with Crippen LogP contribution < -0.4 is 10.5 Å². The van der Waals surface area contributed by atoms with E-state index in [0.717, 1.165) is 6.42 Å². The van der Waals surface area contributed by atoms with Crippen molar-refractivity contribution in [1.29, 1.82) is 0 Å². The van der Waals surface area contributed by atoms with E-state index in [4.69, 9.17) is 10.5 Å². The number of nitrogens with zero attached hydrogens (tertiary/aromatic N) is 1. The van der Waals surface area contributed by atoms with Crippen LogP contribution in [-0.4, -0.2) is 39.2 Å². The molecule has 114 valence electrons. The van der Waals surface area contributed by atoms with Gasteiger partial charge in [0.2, 0.25) is 10.0 Å². The van der Waals surface area contributed by atoms with Crippen molar-refractivity contribution in [1.82, 2.24) is 9.71 Å². The van der Waals surface area contributed by atoms with Gasteiger partial charge in [-0.1, -0.05) is 11.8 Å². The summed E-state index contributed by atoms with van der Waals surface area (Å²) in [6.07, 6.45) is 3.69. The second kappa shape index (κ2) is 7.00. The Balaban J connectivity index is 2.15. The minimum Gasteiger partial charge on any atom is -0.381 e. The SMILES string of the molecule is CC(NS(=O)(=O)c1cncc(C#CCN)c1)C1CCOC1. The van der Waals surface area contributed by atoms with Crippen molar-refractivity contribution in [3.05, 3.63) is 24.0 Å². The normalized spacial score (nSPS) is 19.8. The van der Waals surface area contributed by atoms with Gasteiger partial charge in [0.25, 0.3) is 0 Å². The predicted octanol–water partition coefficient (Wildman–Crippen LogP) is 0.0951. The summed E-state index contributed by atoms with van der Waals surface area (Å²) in [7, 11) is -3.61. The second-order valence-corrected chi connectivity index (χ2v) is 6.66. The van der Waals surface area contributed by atoms with E-state index >= 15 is 0 Å². The largest absolute Gasteiger partial charge is 0.381 e. The highest BCUT2D eigenvalue weighted by Gasteiger charge is 2.26. The van der Waals surface area contributed by atoms with E-state index in [2.05, 4.69) is 21.5 Å². The Morgan fingerprint density at radius 3 is 3.05 bits per heavy atom. The number of rotatable bonds is 4. The van der Waals surface area contributed by atoms with Gasteiger partial charge in [0.1, 0.15) is 4.90 Å². The van der Waals surface area contributed by atoms with Gasteiger partial charge in [0, 0.05) is 36.5 Å². The third kappa shape index (κ3) is 4.25. The molecule has 1 aromatic rings. The number of pyridine rings is 1. The van der Waals surface area contributed by atoms with E-state index in [1.54, 1.807) is 0 Å². The summed E-state index contributed by atoms with van der Waals surface area (Å²) in [5.41, 5.74) is 5.83. The molecule has 2 heterocycles. The molecule has 1 aliphatic heterocycles. The van der Waals surface area contributed by atoms with Gasteiger partial charge in [0.05, 0.1) is 13.2 Å². The number of nitrogens with two attached hydrogens (primary N) is 1. The second-order valence-electron chi connectivity index (χ2n) is 4.95. The zero-order valence-electron chi connectivity index (χ0n) is 11.9. The summed E-state index contributed by atoms with van der Waals surface area (Å²) in [6.45, 7) is 3.34. The summed E-state index contributed by atoms with van der Waals surface area (Å²) in [6, 6.07) is 1.31. The molecule has 1 saturated heterocycles. The molecule has 0 spiro atoms. The molecule has 7 heteroatoms. The summed E-state index contributed by atoms with van der Waals surface area (Å²) in [4.78, 5) is 4.03. The Morgan fingerprint density at radius 1 is 1.57 bits per heavy atom. The molecule has 0 bridgehead atoms. The van der Waals surface area contributed by atoms with Crippen LogP contribution >= 0.6 is 0 Å². The fraction of sp³-hybridized carbons (Fsp3) is 0.500. The first-order chi connectivity index (χ1) is 10.0. The zero-order chi connectivity index (χ0) is 15.3. The van der Waals surface area contributed by atoms with E-state index in [9.17, 15) is 8.42 Å². The van der Waals surface area contributed by atoms with Crippen LogP contribution in [-0.2, 0) is 14.8 Å². The first-order valence-electron chi connectivity index (χ1n) is 6.77. The molecule has 1 aliphatic rings. The summed E-state index contributed by atoms with van der Waals surface area (Å²) in [5, 5.41) is 0. The first-order valence-corrected chi connectivity index (χ1v) is 8.25. The fourth-order valence-electron chi connectivity index (χ4n) is 2.14. The van der Waals surface area contributed by atoms with E-state index in [0.29, 0.717) is 18.8 Å². The number of aromatic nitrogens is 1. The van der Waals surface area contributed by atoms with E-state index in [1.807, 2.05) is 6.92 Å². The number of hydrogen-bond acceptors (Lipinski definition) is 5. The van der Waals surface area contributed by atoms with Gasteiger partial charge in [-0.15, -0.1) is 0 Å². The highest BCUT2D eigenvalue weighted by atomic mass is 32.2. The van der Waals surface area contributed by atoms with Crippen LogP contribution in [0.3, 0.4) is 0 Å². The summed E-state index contributed by atoms with van der Waals surface area (Å²) in [5.74, 6) is 5.65. The first kappa shape index (κ1) is 15.9. The molecule has 3 N–H and O–H groups in total. The van der Waals surface area contributed by atoms with Crippen molar-refractivity contribution >= 4 is 10.0 Å². The molecular weight excluding hydrogens is 290 g/mol. The van der Waals surface area contributed by atoms with E-state index in [-0.39, 0.29) is 23.4 Å². The monoisotopic (exact) mass is 309 g/mol. The number of sulfonamides is 1. The average Bonchev–Trinajstić information content (AvgIpc) is 2.99. The van der Waals surface area contributed by atoms with Crippen LogP contribution in [0, 0.1) is 17.8 Å². The van der Waals surface area contributed by atoms with Crippen LogP contribution in [0.5, 0.6) is 0 Å². The lowest BCUT2D eigenvalue weighted by Gasteiger charge is -2.19. The van der Waals surface area contributed by atoms with Crippen LogP contribution in [0.1, 0.15) is 18.9 Å². The van der Waals surface area contributed by atoms with Gasteiger partial charge < -0.3 is 10.5 Å². The molecule has 2 rings (SSSR count). The van der Waals surface area contributed by atoms with Crippen LogP contribution in [0.15, 0.2) is 23.4 Å². The molecule has 1 fully saturated rings. The number of ether oxygens (including phenoxy) is 1. The van der Waals surface area contributed by atoms with Gasteiger partial charge in [-0.3, -0.25) is 4.98 Å². The highest BCUT2D eigenvalue weighted by molar-refractivity contribution is 7.89. The lowest BCUT2D eigenvalue weighted by atomic mass is 10.0. The smallest absolute Gasteiger partial charge is 0.242 e. The Bertz CT molecular complexity index is 643. The molecule has 1 aromatic heterocycles. The van der Waals surface area contributed by atoms with E-state index in [1.165, 1.54) is 18.5 Å². The van der Waals surface area contributed by atoms with Crippen LogP contribution in [0.25, 0.3) is 0 Å². The van der Waals surface area contributed by atoms with Crippen molar-refractivity contribution in [2.75, 3.05) is 19.8 Å². The van der Waals surface area contributed by atoms with Crippen molar-refractivity contribution in [3.8, 4) is 11.8 Å². The maximum Gasteiger partial charge on any atom is 0.242 e. The predicted molar refractivity (Wildman–Crippen MR) is 78.9 cm³/mol. The standard InChI is InChI=1S/C14H19N3O3S/c1-11(13-4-6-20-10-13)17-21(18,19)14-7-12(3-2-5-15)8-16-9-14/h7-9,11,13,17H,4-6,10,15H2,1H3. The molecular formula is C14H19N3O3S. The van der Waals surface area contributed by atoms with Crippen molar-refractivity contribution in [3.63, 3.8) is 0 Å². The minimum atomic E-state index is -3.61. The third-order valence-electron chi connectivity index (χ3n) is 3.37. The summed E-state index contributed by atoms with van der Waals surface area (Å²) < 4.78 is 32.7. The average molecular weight is 309 g/mol. The molecule has 0 aromatic carbocycles. The van der Waals surface area contributed by atoms with Gasteiger partial charge in [0.15, 0.2) is 0 Å². The zero-order valence-corrected chi connectivity index (χ0v) is 12.7.